The number of ketones is 1. The van der Waals surface area contributed by atoms with Crippen LogP contribution in [0.5, 0.6) is 5.75 Å². The van der Waals surface area contributed by atoms with Crippen molar-refractivity contribution >= 4 is 50.1 Å². The van der Waals surface area contributed by atoms with Gasteiger partial charge in [-0.2, -0.15) is 0 Å². The minimum absolute atomic E-state index is 0.0545. The van der Waals surface area contributed by atoms with Crippen LogP contribution in [0, 0.1) is 0 Å². The van der Waals surface area contributed by atoms with Crippen LogP contribution in [0.1, 0.15) is 43.9 Å². The van der Waals surface area contributed by atoms with E-state index in [4.69, 9.17) is 15.5 Å². The fraction of sp³-hybridized carbons (Fsp3) is 0.281. The van der Waals surface area contributed by atoms with Crippen LogP contribution in [0.2, 0.25) is 0 Å². The molecule has 0 saturated heterocycles. The molecule has 10 nitrogen and oxygen atoms in total. The molecule has 0 bridgehead atoms. The van der Waals surface area contributed by atoms with E-state index in [9.17, 15) is 9.59 Å². The lowest BCUT2D eigenvalue weighted by atomic mass is 9.97. The third-order valence-corrected chi connectivity index (χ3v) is 7.50. The Labute approximate surface area is 244 Å². The van der Waals surface area contributed by atoms with Crippen molar-refractivity contribution in [2.45, 2.75) is 27.7 Å². The summed E-state index contributed by atoms with van der Waals surface area (Å²) in [6.07, 6.45) is 1.73. The number of benzene rings is 2. The van der Waals surface area contributed by atoms with Crippen molar-refractivity contribution in [3.05, 3.63) is 65.7 Å². The molecule has 4 N–H and O–H groups in total. The van der Waals surface area contributed by atoms with E-state index in [1.165, 1.54) is 6.92 Å². The summed E-state index contributed by atoms with van der Waals surface area (Å²) >= 11 is 0. The lowest BCUT2D eigenvalue weighted by molar-refractivity contribution is -0.111. The Bertz CT molecular complexity index is 1840. The number of likely N-dealkylation sites (N-methyl/N-ethyl adjacent to an activating group) is 1. The third kappa shape index (κ3) is 5.28. The number of hydrogen-bond donors (Lipinski definition) is 3. The molecule has 42 heavy (non-hydrogen) atoms. The number of hydrogen-bond acceptors (Lipinski definition) is 8. The van der Waals surface area contributed by atoms with Gasteiger partial charge in [-0.1, -0.05) is 32.0 Å². The van der Waals surface area contributed by atoms with Gasteiger partial charge in [0.15, 0.2) is 5.78 Å². The second-order valence-corrected chi connectivity index (χ2v) is 10.1. The van der Waals surface area contributed by atoms with Crippen molar-refractivity contribution in [3.63, 3.8) is 0 Å². The van der Waals surface area contributed by atoms with Crippen molar-refractivity contribution in [3.8, 4) is 17.0 Å². The van der Waals surface area contributed by atoms with Gasteiger partial charge >= 0.3 is 0 Å². The number of nitrogens with one attached hydrogen (secondary N) is 2. The molecule has 0 saturated carbocycles. The average molecular weight is 566 g/mol. The lowest BCUT2D eigenvalue weighted by Crippen LogP contribution is -2.35. The SMILES string of the molecule is CCN(CC)CCNC(=O)c1nc(-c2ccnc3ccccc23)c2c(n1)[nH]c1cc(C(C(C)=O)=C(C)N)c(OC)cc12. The van der Waals surface area contributed by atoms with Gasteiger partial charge in [0.2, 0.25) is 5.82 Å². The number of pyridine rings is 1. The van der Waals surface area contributed by atoms with Gasteiger partial charge in [0, 0.05) is 58.0 Å². The molecule has 0 aliphatic carbocycles. The maximum absolute atomic E-state index is 13.3. The largest absolute Gasteiger partial charge is 0.496 e. The predicted molar refractivity (Wildman–Crippen MR) is 166 cm³/mol. The second-order valence-electron chi connectivity index (χ2n) is 10.1. The number of methoxy groups -OCH3 is 1. The van der Waals surface area contributed by atoms with Crippen LogP contribution in [-0.4, -0.2) is 69.8 Å². The molecule has 3 heterocycles. The number of H-pyrrole nitrogens is 1. The third-order valence-electron chi connectivity index (χ3n) is 7.50. The molecule has 5 rings (SSSR count). The highest BCUT2D eigenvalue weighted by atomic mass is 16.5. The summed E-state index contributed by atoms with van der Waals surface area (Å²) in [6, 6.07) is 13.4. The zero-order valence-electron chi connectivity index (χ0n) is 24.5. The molecule has 1 amide bonds. The molecule has 0 aliphatic rings. The van der Waals surface area contributed by atoms with E-state index < -0.39 is 0 Å². The first kappa shape index (κ1) is 28.7. The maximum atomic E-state index is 13.3. The first-order valence-electron chi connectivity index (χ1n) is 14.0. The lowest BCUT2D eigenvalue weighted by Gasteiger charge is -2.17. The van der Waals surface area contributed by atoms with Gasteiger partial charge in [-0.05, 0) is 51.2 Å². The van der Waals surface area contributed by atoms with Crippen LogP contribution in [0.4, 0.5) is 0 Å². The van der Waals surface area contributed by atoms with Crippen molar-refractivity contribution in [2.75, 3.05) is 33.3 Å². The summed E-state index contributed by atoms with van der Waals surface area (Å²) in [5, 5.41) is 5.38. The van der Waals surface area contributed by atoms with Gasteiger partial charge in [0.25, 0.3) is 5.91 Å². The number of aromatic nitrogens is 4. The van der Waals surface area contributed by atoms with E-state index in [1.807, 2.05) is 42.5 Å². The van der Waals surface area contributed by atoms with Crippen molar-refractivity contribution < 1.29 is 14.3 Å². The minimum atomic E-state index is -0.360. The molecular formula is C32H35N7O3. The van der Waals surface area contributed by atoms with Gasteiger partial charge in [0.1, 0.15) is 11.4 Å². The average Bonchev–Trinajstić information content (AvgIpc) is 3.35. The van der Waals surface area contributed by atoms with E-state index in [2.05, 4.69) is 39.0 Å². The van der Waals surface area contributed by atoms with E-state index in [0.717, 1.165) is 46.9 Å². The van der Waals surface area contributed by atoms with Crippen LogP contribution >= 0.6 is 0 Å². The van der Waals surface area contributed by atoms with Crippen LogP contribution < -0.4 is 15.8 Å². The first-order chi connectivity index (χ1) is 20.3. The molecular weight excluding hydrogens is 530 g/mol. The number of carbonyl (C=O) groups is 2. The number of amides is 1. The zero-order chi connectivity index (χ0) is 30.0. The Balaban J connectivity index is 1.75. The fourth-order valence-corrected chi connectivity index (χ4v) is 5.41. The smallest absolute Gasteiger partial charge is 0.289 e. The Hall–Kier alpha value is -4.83. The highest BCUT2D eigenvalue weighted by Gasteiger charge is 2.23. The molecule has 5 aromatic rings. The normalized spacial score (nSPS) is 12.2. The Morgan fingerprint density at radius 1 is 1.05 bits per heavy atom. The van der Waals surface area contributed by atoms with E-state index in [0.29, 0.717) is 46.0 Å². The number of aromatic amines is 1. The van der Waals surface area contributed by atoms with Crippen LogP contribution in [0.25, 0.3) is 49.7 Å². The maximum Gasteiger partial charge on any atom is 0.289 e. The summed E-state index contributed by atoms with van der Waals surface area (Å²) in [7, 11) is 1.55. The summed E-state index contributed by atoms with van der Waals surface area (Å²) in [5.74, 6) is 0.0123. The molecule has 0 unspecified atom stereocenters. The van der Waals surface area contributed by atoms with Crippen molar-refractivity contribution in [2.24, 2.45) is 5.73 Å². The molecule has 0 radical (unpaired) electrons. The Morgan fingerprint density at radius 2 is 1.81 bits per heavy atom. The molecule has 3 aromatic heterocycles. The Morgan fingerprint density at radius 3 is 2.50 bits per heavy atom. The number of para-hydroxylation sites is 1. The monoisotopic (exact) mass is 565 g/mol. The standard InChI is InChI=1S/C32H35N7O3/c1-6-39(7-2)15-14-35-32(41)31-37-29(21-12-13-34-24-11-9-8-10-20(21)24)28-22-17-26(42-5)23(27(18(3)33)19(4)40)16-25(22)36-30(28)38-31/h8-13,16-17H,6-7,14-15,33H2,1-5H3,(H,35,41)(H,36,37,38). The molecule has 2 aromatic carbocycles. The van der Waals surface area contributed by atoms with E-state index in [1.54, 1.807) is 20.2 Å². The van der Waals surface area contributed by atoms with Crippen LogP contribution in [0.3, 0.4) is 0 Å². The Kier molecular flexibility index (Phi) is 8.17. The van der Waals surface area contributed by atoms with Crippen LogP contribution in [0.15, 0.2) is 54.4 Å². The van der Waals surface area contributed by atoms with Crippen molar-refractivity contribution in [1.82, 2.24) is 30.2 Å². The topological polar surface area (TPSA) is 139 Å². The van der Waals surface area contributed by atoms with Gasteiger partial charge in [-0.15, -0.1) is 0 Å². The number of fused-ring (bicyclic) bond motifs is 4. The first-order valence-corrected chi connectivity index (χ1v) is 14.0. The molecule has 0 spiro atoms. The molecule has 10 heteroatoms. The van der Waals surface area contributed by atoms with Gasteiger partial charge in [-0.3, -0.25) is 14.6 Å². The number of carbonyl (C=O) groups excluding carboxylic acids is 2. The van der Waals surface area contributed by atoms with Gasteiger partial charge < -0.3 is 25.7 Å². The summed E-state index contributed by atoms with van der Waals surface area (Å²) in [5.41, 5.74) is 10.9. The number of nitrogens with two attached hydrogens (primary N) is 1. The van der Waals surface area contributed by atoms with Gasteiger partial charge in [-0.25, -0.2) is 9.97 Å². The quantitative estimate of drug-likeness (QED) is 0.207. The number of ether oxygens (including phenoxy) is 1. The summed E-state index contributed by atoms with van der Waals surface area (Å²) in [4.78, 5) is 45.5. The number of rotatable bonds is 10. The highest BCUT2D eigenvalue weighted by molar-refractivity contribution is 6.23. The summed E-state index contributed by atoms with van der Waals surface area (Å²) < 4.78 is 5.74. The molecule has 0 aliphatic heterocycles. The highest BCUT2D eigenvalue weighted by Crippen LogP contribution is 2.39. The number of nitrogens with zero attached hydrogens (tertiary/aromatic N) is 4. The number of Topliss-reactive ketones (excluding diaryl/α,β-unsaturated/α-hetero) is 1. The fourth-order valence-electron chi connectivity index (χ4n) is 5.41. The number of allylic oxidation sites excluding steroid dienone is 2. The molecule has 0 fully saturated rings. The second kappa shape index (κ2) is 12.0. The minimum Gasteiger partial charge on any atom is -0.496 e. The molecule has 216 valence electrons. The van der Waals surface area contributed by atoms with E-state index >= 15 is 0 Å². The van der Waals surface area contributed by atoms with Crippen molar-refractivity contribution in [1.29, 1.82) is 0 Å². The van der Waals surface area contributed by atoms with Gasteiger partial charge in [0.05, 0.1) is 23.7 Å². The predicted octanol–water partition coefficient (Wildman–Crippen LogP) is 4.69. The van der Waals surface area contributed by atoms with Crippen LogP contribution in [-0.2, 0) is 4.79 Å². The summed E-state index contributed by atoms with van der Waals surface area (Å²) in [6.45, 7) is 10.4. The zero-order valence-corrected chi connectivity index (χ0v) is 24.5. The molecule has 0 atom stereocenters. The van der Waals surface area contributed by atoms with E-state index in [-0.39, 0.29) is 17.5 Å².